The third kappa shape index (κ3) is 6.94. The Hall–Kier alpha value is -1.63. The first-order valence-electron chi connectivity index (χ1n) is 9.88. The quantitative estimate of drug-likeness (QED) is 0.189. The maximum Gasteiger partial charge on any atom is 0.251 e. The summed E-state index contributed by atoms with van der Waals surface area (Å²) in [4.78, 5) is 25.9. The zero-order chi connectivity index (χ0) is 25.4. The number of piperidine rings is 1. The Bertz CT molecular complexity index is 875. The molecule has 9 nitrogen and oxygen atoms in total. The largest absolute Gasteiger partial charge is 0.398 e. The van der Waals surface area contributed by atoms with Crippen molar-refractivity contribution in [3.05, 3.63) is 34.6 Å². The molecule has 2 atom stereocenters. The fourth-order valence-corrected chi connectivity index (χ4v) is 3.78. The van der Waals surface area contributed by atoms with Crippen LogP contribution in [0.1, 0.15) is 24.2 Å². The predicted octanol–water partition coefficient (Wildman–Crippen LogP) is -2.44. The highest BCUT2D eigenvalue weighted by Crippen LogP contribution is 2.31. The molecule has 14 heteroatoms. The second kappa shape index (κ2) is 9.55. The van der Waals surface area contributed by atoms with Gasteiger partial charge in [0.05, 0.1) is 12.1 Å². The lowest BCUT2D eigenvalue weighted by molar-refractivity contribution is -0.154. The summed E-state index contributed by atoms with van der Waals surface area (Å²) in [7, 11) is 17.1. The highest BCUT2D eigenvalue weighted by atomic mass is 35.5. The van der Waals surface area contributed by atoms with Crippen molar-refractivity contribution in [1.29, 1.82) is 0 Å². The molecule has 0 spiro atoms. The number of amides is 2. The van der Waals surface area contributed by atoms with Crippen molar-refractivity contribution in [3.63, 3.8) is 0 Å². The number of benzene rings is 1. The molecule has 1 saturated heterocycles. The van der Waals surface area contributed by atoms with Gasteiger partial charge >= 0.3 is 0 Å². The smallest absolute Gasteiger partial charge is 0.251 e. The summed E-state index contributed by atoms with van der Waals surface area (Å²) in [6.07, 6.45) is 0. The number of likely N-dealkylation sites (tertiary alicyclic amines) is 1. The number of β-amino-alcohol motifs (C(OH)–C–C–N with tert-alkyl or cyclic N) is 2. The number of carbonyl (C=O) groups excluding carboxylic acids is 2. The molecule has 0 bridgehead atoms. The van der Waals surface area contributed by atoms with Gasteiger partial charge in [0.25, 0.3) is 5.91 Å². The summed E-state index contributed by atoms with van der Waals surface area (Å²) >= 11 is 5.74. The van der Waals surface area contributed by atoms with Crippen molar-refractivity contribution in [1.82, 2.24) is 15.5 Å². The first kappa shape index (κ1) is 27.6. The van der Waals surface area contributed by atoms with Crippen LogP contribution in [-0.2, 0) is 4.79 Å². The number of nitrogens with zero attached hydrogens (tertiary/aromatic N) is 1. The van der Waals surface area contributed by atoms with E-state index in [1.54, 1.807) is 0 Å². The van der Waals surface area contributed by atoms with Gasteiger partial charge in [-0.15, -0.1) is 0 Å². The molecule has 6 N–H and O–H groups in total. The molecule has 0 aromatic heterocycles. The highest BCUT2D eigenvalue weighted by Gasteiger charge is 2.49. The average Bonchev–Trinajstić information content (AvgIpc) is 2.56. The molecule has 6 radical (unpaired) electrons. The van der Waals surface area contributed by atoms with Gasteiger partial charge in [-0.3, -0.25) is 14.5 Å². The Labute approximate surface area is 199 Å². The van der Waals surface area contributed by atoms with E-state index >= 15 is 0 Å². The van der Waals surface area contributed by atoms with E-state index in [4.69, 9.17) is 35.1 Å². The minimum Gasteiger partial charge on any atom is -0.398 e. The molecule has 2 rings (SSSR count). The highest BCUT2D eigenvalue weighted by molar-refractivity contribution is 6.31. The first-order chi connectivity index (χ1) is 14.8. The third-order valence-corrected chi connectivity index (χ3v) is 5.71. The van der Waals surface area contributed by atoms with Crippen molar-refractivity contribution >= 4 is 47.0 Å². The van der Waals surface area contributed by atoms with Crippen molar-refractivity contribution in [3.8, 4) is 0 Å². The molecule has 1 aromatic rings. The first-order valence-corrected chi connectivity index (χ1v) is 10.3. The second-order valence-corrected chi connectivity index (χ2v) is 9.38. The number of hydrogen-bond acceptors (Lipinski definition) is 7. The Balaban J connectivity index is 2.05. The molecule has 1 fully saturated rings. The lowest BCUT2D eigenvalue weighted by Gasteiger charge is -2.52. The maximum absolute atomic E-state index is 13.5. The molecule has 174 valence electrons. The lowest BCUT2D eigenvalue weighted by atomic mass is 9.55. The maximum atomic E-state index is 13.5. The van der Waals surface area contributed by atoms with E-state index in [0.29, 0.717) is 0 Å². The normalized spacial score (nSPS) is 26.6. The fourth-order valence-electron chi connectivity index (χ4n) is 3.56. The summed E-state index contributed by atoms with van der Waals surface area (Å²) in [6, 6.07) is 3.22. The van der Waals surface area contributed by atoms with Crippen LogP contribution in [0.5, 0.6) is 0 Å². The van der Waals surface area contributed by atoms with E-state index in [0.717, 1.165) is 12.1 Å². The number of rotatable bonds is 7. The van der Waals surface area contributed by atoms with E-state index < -0.39 is 52.3 Å². The van der Waals surface area contributed by atoms with Crippen LogP contribution in [-0.4, -0.2) is 109 Å². The van der Waals surface area contributed by atoms with Gasteiger partial charge in [-0.25, -0.2) is 4.39 Å². The molecular weight excluding hydrogens is 453 g/mol. The number of nitrogens with one attached hydrogen (secondary N) is 2. The lowest BCUT2D eigenvalue weighted by Crippen LogP contribution is -2.70. The van der Waals surface area contributed by atoms with Gasteiger partial charge in [-0.2, -0.15) is 0 Å². The van der Waals surface area contributed by atoms with Gasteiger partial charge in [0.15, 0.2) is 7.85 Å². The summed E-state index contributed by atoms with van der Waals surface area (Å²) in [5.41, 5.74) is -8.69. The van der Waals surface area contributed by atoms with Crippen LogP contribution in [0.2, 0.25) is 5.02 Å². The summed E-state index contributed by atoms with van der Waals surface area (Å²) in [5.74, 6) is -3.42. The fraction of sp³-hybridized carbons (Fsp3) is 0.579. The third-order valence-electron chi connectivity index (χ3n) is 5.49. The molecule has 33 heavy (non-hydrogen) atoms. The average molecular weight is 477 g/mol. The summed E-state index contributed by atoms with van der Waals surface area (Å²) < 4.78 is 13.5. The van der Waals surface area contributed by atoms with E-state index in [-0.39, 0.29) is 30.2 Å². The zero-order valence-corrected chi connectivity index (χ0v) is 18.9. The van der Waals surface area contributed by atoms with Gasteiger partial charge in [0.2, 0.25) is 5.91 Å². The van der Waals surface area contributed by atoms with Crippen LogP contribution in [0.15, 0.2) is 18.2 Å². The van der Waals surface area contributed by atoms with E-state index in [2.05, 4.69) is 10.6 Å². The molecule has 1 aliphatic heterocycles. The van der Waals surface area contributed by atoms with E-state index in [9.17, 15) is 34.4 Å². The molecular formula is C19H24B3ClFN3O6. The summed E-state index contributed by atoms with van der Waals surface area (Å²) in [5, 5.41) is 45.3. The van der Waals surface area contributed by atoms with Crippen molar-refractivity contribution in [2.24, 2.45) is 5.92 Å². The molecule has 2 unspecified atom stereocenters. The van der Waals surface area contributed by atoms with Crippen LogP contribution in [0.3, 0.4) is 0 Å². The van der Waals surface area contributed by atoms with E-state index in [1.165, 1.54) is 24.8 Å². The molecule has 1 aromatic carbocycles. The Morgan fingerprint density at radius 3 is 2.24 bits per heavy atom. The minimum atomic E-state index is -2.71. The van der Waals surface area contributed by atoms with Crippen LogP contribution in [0.4, 0.5) is 4.39 Å². The number of hydrogen-bond donors (Lipinski definition) is 6. The van der Waals surface area contributed by atoms with E-state index in [1.807, 2.05) is 0 Å². The molecule has 1 aliphatic rings. The minimum absolute atomic E-state index is 0.00912. The Kier molecular flexibility index (Phi) is 8.00. The Morgan fingerprint density at radius 2 is 1.76 bits per heavy atom. The van der Waals surface area contributed by atoms with Crippen molar-refractivity contribution in [2.75, 3.05) is 26.2 Å². The van der Waals surface area contributed by atoms with Crippen molar-refractivity contribution < 1.29 is 34.4 Å². The standard InChI is InChI=1S/C19H24B3ClFN3O6/c1-16(2,19(22,32)33)26-14(28)7-27-8-17(20,30)13(18(21,31)9-27)6-25-15(29)10-3-11(23)5-12(24)4-10/h3-5,13,30-33H,6-9H2,1-2H3,(H,25,29)(H,26,28). The molecule has 0 saturated carbocycles. The van der Waals surface area contributed by atoms with Crippen LogP contribution >= 0.6 is 11.6 Å². The number of aliphatic hydroxyl groups is 4. The molecule has 2 amide bonds. The topological polar surface area (TPSA) is 142 Å². The van der Waals surface area contributed by atoms with Crippen LogP contribution in [0.25, 0.3) is 0 Å². The SMILES string of the molecule is [B]C1(O)CN(CC(=O)NC(C)(C)C([B])(O)O)CC([B])(O)C1CNC(=O)c1cc(F)cc(Cl)c1. The number of halogens is 2. The Morgan fingerprint density at radius 1 is 1.21 bits per heavy atom. The van der Waals surface area contributed by atoms with Gasteiger partial charge in [0, 0.05) is 47.1 Å². The van der Waals surface area contributed by atoms with Crippen molar-refractivity contribution in [2.45, 2.75) is 36.1 Å². The zero-order valence-electron chi connectivity index (χ0n) is 18.2. The van der Waals surface area contributed by atoms with Gasteiger partial charge in [-0.1, -0.05) is 11.6 Å². The summed E-state index contributed by atoms with van der Waals surface area (Å²) in [6.45, 7) is 1.13. The van der Waals surface area contributed by atoms with Gasteiger partial charge in [0.1, 0.15) is 27.2 Å². The predicted molar refractivity (Wildman–Crippen MR) is 120 cm³/mol. The van der Waals surface area contributed by atoms with Gasteiger partial charge in [-0.05, 0) is 32.0 Å². The second-order valence-electron chi connectivity index (χ2n) is 8.95. The van der Waals surface area contributed by atoms with Crippen LogP contribution in [0, 0.1) is 11.7 Å². The molecule has 0 aliphatic carbocycles. The van der Waals surface area contributed by atoms with Crippen LogP contribution < -0.4 is 10.6 Å². The number of carbonyl (C=O) groups is 2. The molecule has 1 heterocycles. The monoisotopic (exact) mass is 477 g/mol. The van der Waals surface area contributed by atoms with Gasteiger partial charge < -0.3 is 31.1 Å².